The summed E-state index contributed by atoms with van der Waals surface area (Å²) in [5.74, 6) is 0. The van der Waals surface area contributed by atoms with E-state index in [9.17, 15) is 0 Å². The molecular formula is C12H26N2O. The van der Waals surface area contributed by atoms with Gasteiger partial charge in [-0.3, -0.25) is 0 Å². The molecule has 0 saturated carbocycles. The molecule has 0 unspecified atom stereocenters. The summed E-state index contributed by atoms with van der Waals surface area (Å²) in [6.45, 7) is 10.8. The van der Waals surface area contributed by atoms with Gasteiger partial charge in [0.15, 0.2) is 0 Å². The number of rotatable bonds is 7. The van der Waals surface area contributed by atoms with Gasteiger partial charge in [0, 0.05) is 25.8 Å². The molecule has 0 aromatic heterocycles. The minimum Gasteiger partial charge on any atom is -0.382 e. The number of likely N-dealkylation sites (tertiary alicyclic amines) is 1. The van der Waals surface area contributed by atoms with Crippen molar-refractivity contribution in [3.63, 3.8) is 0 Å². The van der Waals surface area contributed by atoms with Crippen LogP contribution in [0.4, 0.5) is 0 Å². The van der Waals surface area contributed by atoms with Crippen LogP contribution in [0.5, 0.6) is 0 Å². The maximum atomic E-state index is 5.35. The van der Waals surface area contributed by atoms with Crippen LogP contribution in [-0.2, 0) is 4.74 Å². The van der Waals surface area contributed by atoms with Gasteiger partial charge in [-0.15, -0.1) is 0 Å². The first-order valence-electron chi connectivity index (χ1n) is 6.40. The molecule has 0 aromatic carbocycles. The molecule has 0 spiro atoms. The summed E-state index contributed by atoms with van der Waals surface area (Å²) < 4.78 is 5.35. The van der Waals surface area contributed by atoms with E-state index in [0.29, 0.717) is 0 Å². The zero-order valence-electron chi connectivity index (χ0n) is 10.3. The largest absolute Gasteiger partial charge is 0.382 e. The summed E-state index contributed by atoms with van der Waals surface area (Å²) in [4.78, 5) is 2.56. The molecule has 1 aliphatic heterocycles. The van der Waals surface area contributed by atoms with Crippen molar-refractivity contribution < 1.29 is 4.74 Å². The Balaban J connectivity index is 1.99. The van der Waals surface area contributed by atoms with Crippen LogP contribution in [0, 0.1) is 0 Å². The number of hydrogen-bond donors (Lipinski definition) is 1. The highest BCUT2D eigenvalue weighted by molar-refractivity contribution is 4.76. The summed E-state index contributed by atoms with van der Waals surface area (Å²) in [5.41, 5.74) is 0. The first-order valence-corrected chi connectivity index (χ1v) is 6.40. The second-order valence-electron chi connectivity index (χ2n) is 4.22. The molecular weight excluding hydrogens is 188 g/mol. The second-order valence-corrected chi connectivity index (χ2v) is 4.22. The van der Waals surface area contributed by atoms with Gasteiger partial charge < -0.3 is 15.0 Å². The molecule has 0 bridgehead atoms. The molecule has 0 aliphatic carbocycles. The normalized spacial score (nSPS) is 19.6. The summed E-state index contributed by atoms with van der Waals surface area (Å²) in [5, 5.41) is 3.53. The zero-order valence-corrected chi connectivity index (χ0v) is 10.3. The van der Waals surface area contributed by atoms with Crippen molar-refractivity contribution in [3.05, 3.63) is 0 Å². The molecule has 1 saturated heterocycles. The Bertz CT molecular complexity index is 142. The Morgan fingerprint density at radius 1 is 1.27 bits per heavy atom. The Kier molecular flexibility index (Phi) is 6.98. The van der Waals surface area contributed by atoms with Crippen LogP contribution in [0.1, 0.15) is 33.1 Å². The average Bonchev–Trinajstić information content (AvgIpc) is 2.27. The summed E-state index contributed by atoms with van der Waals surface area (Å²) in [6, 6.07) is 0.762. The van der Waals surface area contributed by atoms with Gasteiger partial charge in [0.2, 0.25) is 0 Å². The highest BCUT2D eigenvalue weighted by Crippen LogP contribution is 2.10. The topological polar surface area (TPSA) is 24.5 Å². The van der Waals surface area contributed by atoms with Gasteiger partial charge in [-0.25, -0.2) is 0 Å². The predicted octanol–water partition coefficient (Wildman–Crippen LogP) is 1.49. The monoisotopic (exact) mass is 214 g/mol. The van der Waals surface area contributed by atoms with E-state index in [0.717, 1.165) is 25.8 Å². The lowest BCUT2D eigenvalue weighted by Crippen LogP contribution is -2.42. The number of nitrogens with zero attached hydrogens (tertiary/aromatic N) is 1. The standard InChI is InChI=1S/C12H26N2O/c1-3-13-12-6-9-14(10-7-12)8-5-11-15-4-2/h12-13H,3-11H2,1-2H3. The molecule has 0 amide bonds. The van der Waals surface area contributed by atoms with E-state index in [-0.39, 0.29) is 0 Å². The highest BCUT2D eigenvalue weighted by atomic mass is 16.5. The minimum atomic E-state index is 0.762. The minimum absolute atomic E-state index is 0.762. The van der Waals surface area contributed by atoms with Gasteiger partial charge in [-0.05, 0) is 45.8 Å². The van der Waals surface area contributed by atoms with Crippen molar-refractivity contribution in [1.82, 2.24) is 10.2 Å². The van der Waals surface area contributed by atoms with Crippen LogP contribution < -0.4 is 5.32 Å². The lowest BCUT2D eigenvalue weighted by atomic mass is 10.1. The van der Waals surface area contributed by atoms with Crippen molar-refractivity contribution in [2.24, 2.45) is 0 Å². The van der Waals surface area contributed by atoms with Gasteiger partial charge in [-0.2, -0.15) is 0 Å². The lowest BCUT2D eigenvalue weighted by molar-refractivity contribution is 0.123. The third-order valence-corrected chi connectivity index (χ3v) is 3.05. The van der Waals surface area contributed by atoms with Crippen molar-refractivity contribution in [3.8, 4) is 0 Å². The molecule has 1 heterocycles. The second kappa shape index (κ2) is 8.08. The fraction of sp³-hybridized carbons (Fsp3) is 1.00. The Morgan fingerprint density at radius 3 is 2.60 bits per heavy atom. The van der Waals surface area contributed by atoms with Gasteiger partial charge in [-0.1, -0.05) is 6.92 Å². The van der Waals surface area contributed by atoms with Gasteiger partial charge in [0.25, 0.3) is 0 Å². The van der Waals surface area contributed by atoms with E-state index >= 15 is 0 Å². The first-order chi connectivity index (χ1) is 7.36. The predicted molar refractivity (Wildman–Crippen MR) is 64.2 cm³/mol. The molecule has 1 N–H and O–H groups in total. The Labute approximate surface area is 94.2 Å². The number of ether oxygens (including phenoxy) is 1. The summed E-state index contributed by atoms with van der Waals surface area (Å²) in [7, 11) is 0. The maximum Gasteiger partial charge on any atom is 0.0478 e. The van der Waals surface area contributed by atoms with E-state index in [1.807, 2.05) is 0 Å². The van der Waals surface area contributed by atoms with Crippen LogP contribution in [0.15, 0.2) is 0 Å². The number of nitrogens with one attached hydrogen (secondary N) is 1. The van der Waals surface area contributed by atoms with Crippen molar-refractivity contribution >= 4 is 0 Å². The number of piperidine rings is 1. The molecule has 1 rings (SSSR count). The molecule has 0 atom stereocenters. The summed E-state index contributed by atoms with van der Waals surface area (Å²) >= 11 is 0. The Morgan fingerprint density at radius 2 is 2.00 bits per heavy atom. The zero-order chi connectivity index (χ0) is 10.9. The molecule has 1 fully saturated rings. The molecule has 0 radical (unpaired) electrons. The van der Waals surface area contributed by atoms with Crippen molar-refractivity contribution in [2.45, 2.75) is 39.2 Å². The van der Waals surface area contributed by atoms with E-state index in [1.54, 1.807) is 0 Å². The lowest BCUT2D eigenvalue weighted by Gasteiger charge is -2.32. The average molecular weight is 214 g/mol. The smallest absolute Gasteiger partial charge is 0.0478 e. The summed E-state index contributed by atoms with van der Waals surface area (Å²) in [6.07, 6.45) is 3.80. The maximum absolute atomic E-state index is 5.35. The third kappa shape index (κ3) is 5.50. The van der Waals surface area contributed by atoms with Gasteiger partial charge in [0.05, 0.1) is 0 Å². The SMILES string of the molecule is CCNC1CCN(CCCOCC)CC1. The van der Waals surface area contributed by atoms with Crippen LogP contribution in [0.25, 0.3) is 0 Å². The number of hydrogen-bond acceptors (Lipinski definition) is 3. The molecule has 90 valence electrons. The van der Waals surface area contributed by atoms with Crippen molar-refractivity contribution in [1.29, 1.82) is 0 Å². The van der Waals surface area contributed by atoms with E-state index < -0.39 is 0 Å². The van der Waals surface area contributed by atoms with Crippen LogP contribution in [0.3, 0.4) is 0 Å². The quantitative estimate of drug-likeness (QED) is 0.650. The van der Waals surface area contributed by atoms with E-state index in [4.69, 9.17) is 4.74 Å². The third-order valence-electron chi connectivity index (χ3n) is 3.05. The molecule has 0 aromatic rings. The van der Waals surface area contributed by atoms with Crippen LogP contribution >= 0.6 is 0 Å². The van der Waals surface area contributed by atoms with Crippen LogP contribution in [-0.4, -0.2) is 50.3 Å². The highest BCUT2D eigenvalue weighted by Gasteiger charge is 2.17. The fourth-order valence-electron chi connectivity index (χ4n) is 2.18. The van der Waals surface area contributed by atoms with Gasteiger partial charge >= 0.3 is 0 Å². The fourth-order valence-corrected chi connectivity index (χ4v) is 2.18. The van der Waals surface area contributed by atoms with E-state index in [1.165, 1.54) is 38.9 Å². The van der Waals surface area contributed by atoms with E-state index in [2.05, 4.69) is 24.1 Å². The molecule has 3 nitrogen and oxygen atoms in total. The van der Waals surface area contributed by atoms with Crippen LogP contribution in [0.2, 0.25) is 0 Å². The molecule has 15 heavy (non-hydrogen) atoms. The molecule has 1 aliphatic rings. The Hall–Kier alpha value is -0.120. The van der Waals surface area contributed by atoms with Gasteiger partial charge in [0.1, 0.15) is 0 Å². The first kappa shape index (κ1) is 12.9. The molecule has 3 heteroatoms. The van der Waals surface area contributed by atoms with Crippen molar-refractivity contribution in [2.75, 3.05) is 39.4 Å².